The van der Waals surface area contributed by atoms with Crippen LogP contribution in [0.2, 0.25) is 0 Å². The number of hydrogen-bond acceptors (Lipinski definition) is 3. The summed E-state index contributed by atoms with van der Waals surface area (Å²) in [5.41, 5.74) is 1.05. The van der Waals surface area contributed by atoms with Gasteiger partial charge in [0, 0.05) is 26.8 Å². The Hall–Kier alpha value is 0.0300. The van der Waals surface area contributed by atoms with E-state index >= 15 is 0 Å². The Morgan fingerprint density at radius 2 is 2.06 bits per heavy atom. The molecule has 0 fully saturated rings. The zero-order valence-electron chi connectivity index (χ0n) is 8.08. The summed E-state index contributed by atoms with van der Waals surface area (Å²) in [5, 5.41) is 10.1. The Morgan fingerprint density at radius 3 is 2.81 bits per heavy atom. The van der Waals surface area contributed by atoms with Crippen molar-refractivity contribution in [3.05, 3.63) is 32.2 Å². The number of alkyl halides is 1. The third kappa shape index (κ3) is 2.83. The number of nitrogens with zero attached hydrogens (tertiary/aromatic N) is 2. The predicted octanol–water partition coefficient (Wildman–Crippen LogP) is 4.51. The highest BCUT2D eigenvalue weighted by atomic mass is 79.9. The summed E-state index contributed by atoms with van der Waals surface area (Å²) in [7, 11) is 0. The van der Waals surface area contributed by atoms with Crippen molar-refractivity contribution in [1.29, 1.82) is 0 Å². The van der Waals surface area contributed by atoms with Crippen LogP contribution in [0.4, 0.5) is 0 Å². The predicted molar refractivity (Wildman–Crippen MR) is 75.2 cm³/mol. The lowest BCUT2D eigenvalue weighted by Crippen LogP contribution is -1.83. The number of hydrogen-bond donors (Lipinski definition) is 0. The van der Waals surface area contributed by atoms with Crippen molar-refractivity contribution in [3.63, 3.8) is 0 Å². The lowest BCUT2D eigenvalue weighted by atomic mass is 10.2. The van der Waals surface area contributed by atoms with Crippen LogP contribution in [0, 0.1) is 0 Å². The Morgan fingerprint density at radius 1 is 1.25 bits per heavy atom. The van der Waals surface area contributed by atoms with Crippen LogP contribution in [-0.2, 0) is 6.42 Å². The standard InChI is InChI=1S/C10H7Br2ClN2S/c11-6-1-2-8(12)7(5-6)10-15-14-9(16-10)3-4-13/h1-2,5H,3-4H2. The van der Waals surface area contributed by atoms with Gasteiger partial charge in [0.2, 0.25) is 0 Å². The van der Waals surface area contributed by atoms with E-state index in [1.807, 2.05) is 18.2 Å². The molecule has 0 amide bonds. The summed E-state index contributed by atoms with van der Waals surface area (Å²) in [6.45, 7) is 0. The molecule has 0 saturated heterocycles. The van der Waals surface area contributed by atoms with Gasteiger partial charge in [-0.2, -0.15) is 0 Å². The van der Waals surface area contributed by atoms with Crippen molar-refractivity contribution in [2.24, 2.45) is 0 Å². The smallest absolute Gasteiger partial charge is 0.143 e. The molecule has 0 radical (unpaired) electrons. The van der Waals surface area contributed by atoms with Crippen LogP contribution in [0.15, 0.2) is 27.1 Å². The quantitative estimate of drug-likeness (QED) is 0.730. The largest absolute Gasteiger partial charge is 0.148 e. The molecule has 0 aliphatic heterocycles. The van der Waals surface area contributed by atoms with Gasteiger partial charge in [0.1, 0.15) is 10.0 Å². The van der Waals surface area contributed by atoms with Crippen molar-refractivity contribution in [2.75, 3.05) is 5.88 Å². The van der Waals surface area contributed by atoms with Gasteiger partial charge in [-0.15, -0.1) is 21.8 Å². The highest BCUT2D eigenvalue weighted by molar-refractivity contribution is 9.11. The molecule has 0 spiro atoms. The monoisotopic (exact) mass is 380 g/mol. The summed E-state index contributed by atoms with van der Waals surface area (Å²) in [6, 6.07) is 5.99. The maximum atomic E-state index is 5.67. The molecule has 1 aromatic carbocycles. The van der Waals surface area contributed by atoms with Crippen LogP contribution in [-0.4, -0.2) is 16.1 Å². The van der Waals surface area contributed by atoms with Gasteiger partial charge in [0.05, 0.1) is 0 Å². The molecule has 0 N–H and O–H groups in total. The molecule has 0 bridgehead atoms. The summed E-state index contributed by atoms with van der Waals surface area (Å²) in [4.78, 5) is 0. The SMILES string of the molecule is ClCCc1nnc(-c2cc(Br)ccc2Br)s1. The van der Waals surface area contributed by atoms with Crippen molar-refractivity contribution in [2.45, 2.75) is 6.42 Å². The second-order valence-electron chi connectivity index (χ2n) is 3.06. The number of halogens is 3. The van der Waals surface area contributed by atoms with E-state index in [9.17, 15) is 0 Å². The first kappa shape index (κ1) is 12.5. The normalized spacial score (nSPS) is 10.7. The van der Waals surface area contributed by atoms with Crippen molar-refractivity contribution < 1.29 is 0 Å². The van der Waals surface area contributed by atoms with E-state index < -0.39 is 0 Å². The van der Waals surface area contributed by atoms with Gasteiger partial charge in [-0.05, 0) is 18.2 Å². The minimum Gasteiger partial charge on any atom is -0.143 e. The van der Waals surface area contributed by atoms with Crippen LogP contribution in [0.5, 0.6) is 0 Å². The Balaban J connectivity index is 2.38. The zero-order valence-corrected chi connectivity index (χ0v) is 12.8. The van der Waals surface area contributed by atoms with E-state index in [0.29, 0.717) is 5.88 Å². The Bertz CT molecular complexity index is 501. The van der Waals surface area contributed by atoms with E-state index in [2.05, 4.69) is 42.1 Å². The molecule has 1 heterocycles. The summed E-state index contributed by atoms with van der Waals surface area (Å²) in [5.74, 6) is 0.578. The fraction of sp³-hybridized carbons (Fsp3) is 0.200. The molecule has 1 aromatic heterocycles. The molecule has 0 atom stereocenters. The van der Waals surface area contributed by atoms with E-state index in [1.54, 1.807) is 11.3 Å². The maximum absolute atomic E-state index is 5.67. The van der Waals surface area contributed by atoms with Gasteiger partial charge in [0.15, 0.2) is 0 Å². The first-order chi connectivity index (χ1) is 7.70. The molecule has 84 valence electrons. The van der Waals surface area contributed by atoms with Crippen molar-refractivity contribution >= 4 is 54.8 Å². The molecule has 0 unspecified atom stereocenters. The van der Waals surface area contributed by atoms with Gasteiger partial charge in [-0.25, -0.2) is 0 Å². The molecule has 16 heavy (non-hydrogen) atoms. The lowest BCUT2D eigenvalue weighted by Gasteiger charge is -1.99. The van der Waals surface area contributed by atoms with Gasteiger partial charge in [0.25, 0.3) is 0 Å². The van der Waals surface area contributed by atoms with Crippen LogP contribution >= 0.6 is 54.8 Å². The molecular formula is C10H7Br2ClN2S. The number of aromatic nitrogens is 2. The van der Waals surface area contributed by atoms with Crippen LogP contribution in [0.3, 0.4) is 0 Å². The van der Waals surface area contributed by atoms with Crippen molar-refractivity contribution in [3.8, 4) is 10.6 Å². The van der Waals surface area contributed by atoms with Crippen LogP contribution in [0.1, 0.15) is 5.01 Å². The number of rotatable bonds is 3. The number of benzene rings is 1. The van der Waals surface area contributed by atoms with Crippen molar-refractivity contribution in [1.82, 2.24) is 10.2 Å². The van der Waals surface area contributed by atoms with Gasteiger partial charge >= 0.3 is 0 Å². The Kier molecular flexibility index (Phi) is 4.35. The lowest BCUT2D eigenvalue weighted by molar-refractivity contribution is 0.989. The second kappa shape index (κ2) is 5.58. The van der Waals surface area contributed by atoms with Gasteiger partial charge < -0.3 is 0 Å². The molecule has 2 rings (SSSR count). The molecule has 2 aromatic rings. The van der Waals surface area contributed by atoms with Crippen LogP contribution < -0.4 is 0 Å². The highest BCUT2D eigenvalue weighted by Crippen LogP contribution is 2.32. The average molecular weight is 383 g/mol. The molecule has 0 saturated carbocycles. The topological polar surface area (TPSA) is 25.8 Å². The zero-order chi connectivity index (χ0) is 11.5. The molecule has 0 aliphatic carbocycles. The average Bonchev–Trinajstić information content (AvgIpc) is 2.71. The third-order valence-electron chi connectivity index (χ3n) is 1.93. The van der Waals surface area contributed by atoms with E-state index in [-0.39, 0.29) is 0 Å². The fourth-order valence-corrected chi connectivity index (χ4v) is 3.29. The van der Waals surface area contributed by atoms with E-state index in [0.717, 1.165) is 30.9 Å². The summed E-state index contributed by atoms with van der Waals surface area (Å²) in [6.07, 6.45) is 0.769. The molecular weight excluding hydrogens is 375 g/mol. The third-order valence-corrected chi connectivity index (χ3v) is 4.32. The van der Waals surface area contributed by atoms with Gasteiger partial charge in [-0.3, -0.25) is 0 Å². The first-order valence-electron chi connectivity index (χ1n) is 4.54. The molecule has 2 nitrogen and oxygen atoms in total. The molecule has 0 aliphatic rings. The van der Waals surface area contributed by atoms with Gasteiger partial charge in [-0.1, -0.05) is 43.2 Å². The second-order valence-corrected chi connectivity index (χ2v) is 6.27. The molecule has 6 heteroatoms. The summed E-state index contributed by atoms with van der Waals surface area (Å²) >= 11 is 14.2. The minimum absolute atomic E-state index is 0.578. The van der Waals surface area contributed by atoms with E-state index in [4.69, 9.17) is 11.6 Å². The number of aryl methyl sites for hydroxylation is 1. The fourth-order valence-electron chi connectivity index (χ4n) is 1.21. The van der Waals surface area contributed by atoms with Crippen LogP contribution in [0.25, 0.3) is 10.6 Å². The highest BCUT2D eigenvalue weighted by Gasteiger charge is 2.10. The maximum Gasteiger partial charge on any atom is 0.148 e. The minimum atomic E-state index is 0.578. The summed E-state index contributed by atoms with van der Waals surface area (Å²) < 4.78 is 2.05. The van der Waals surface area contributed by atoms with E-state index in [1.165, 1.54) is 0 Å². The Labute approximate surface area is 119 Å². The first-order valence-corrected chi connectivity index (χ1v) is 7.48.